The van der Waals surface area contributed by atoms with Crippen molar-refractivity contribution in [1.82, 2.24) is 0 Å². The highest BCUT2D eigenvalue weighted by atomic mass is 16.1. The fraction of sp³-hybridized carbons (Fsp3) is 0.0714. The zero-order valence-corrected chi connectivity index (χ0v) is 10.1. The fourth-order valence-electron chi connectivity index (χ4n) is 1.76. The SMILES string of the molecule is CC(=O)Nc1ccc(-c2cccc(N)c2)cc1N. The molecule has 0 heterocycles. The Hall–Kier alpha value is -2.49. The van der Waals surface area contributed by atoms with E-state index in [2.05, 4.69) is 5.32 Å². The molecule has 0 saturated heterocycles. The van der Waals surface area contributed by atoms with Crippen LogP contribution in [0.2, 0.25) is 0 Å². The zero-order chi connectivity index (χ0) is 13.1. The summed E-state index contributed by atoms with van der Waals surface area (Å²) in [5.74, 6) is -0.140. The third-order valence-corrected chi connectivity index (χ3v) is 2.58. The van der Waals surface area contributed by atoms with E-state index in [1.54, 1.807) is 6.07 Å². The van der Waals surface area contributed by atoms with E-state index in [0.717, 1.165) is 11.1 Å². The maximum atomic E-state index is 11.0. The molecular weight excluding hydrogens is 226 g/mol. The van der Waals surface area contributed by atoms with Crippen LogP contribution in [0.3, 0.4) is 0 Å². The fourth-order valence-corrected chi connectivity index (χ4v) is 1.76. The smallest absolute Gasteiger partial charge is 0.221 e. The van der Waals surface area contributed by atoms with Crippen molar-refractivity contribution in [3.05, 3.63) is 42.5 Å². The first-order valence-electron chi connectivity index (χ1n) is 5.59. The van der Waals surface area contributed by atoms with Crippen molar-refractivity contribution in [2.45, 2.75) is 6.92 Å². The minimum Gasteiger partial charge on any atom is -0.399 e. The lowest BCUT2D eigenvalue weighted by Crippen LogP contribution is -2.07. The second kappa shape index (κ2) is 4.79. The van der Waals surface area contributed by atoms with Gasteiger partial charge < -0.3 is 16.8 Å². The summed E-state index contributed by atoms with van der Waals surface area (Å²) in [6, 6.07) is 13.1. The van der Waals surface area contributed by atoms with E-state index in [0.29, 0.717) is 17.1 Å². The van der Waals surface area contributed by atoms with Crippen LogP contribution in [0, 0.1) is 0 Å². The third-order valence-electron chi connectivity index (χ3n) is 2.58. The number of hydrogen-bond acceptors (Lipinski definition) is 3. The lowest BCUT2D eigenvalue weighted by atomic mass is 10.0. The molecule has 0 aliphatic heterocycles. The summed E-state index contributed by atoms with van der Waals surface area (Å²) >= 11 is 0. The van der Waals surface area contributed by atoms with Crippen molar-refractivity contribution in [1.29, 1.82) is 0 Å². The number of hydrogen-bond donors (Lipinski definition) is 3. The third kappa shape index (κ3) is 2.60. The number of benzene rings is 2. The summed E-state index contributed by atoms with van der Waals surface area (Å²) in [5, 5.41) is 2.67. The molecule has 4 nitrogen and oxygen atoms in total. The summed E-state index contributed by atoms with van der Waals surface area (Å²) in [4.78, 5) is 11.0. The van der Waals surface area contributed by atoms with Crippen LogP contribution in [-0.4, -0.2) is 5.91 Å². The average molecular weight is 241 g/mol. The molecule has 0 aromatic heterocycles. The molecule has 0 atom stereocenters. The molecule has 18 heavy (non-hydrogen) atoms. The molecule has 0 aliphatic carbocycles. The number of nitrogens with two attached hydrogens (primary N) is 2. The second-order valence-electron chi connectivity index (χ2n) is 4.11. The van der Waals surface area contributed by atoms with Crippen LogP contribution in [0.4, 0.5) is 17.1 Å². The minimum atomic E-state index is -0.140. The predicted octanol–water partition coefficient (Wildman–Crippen LogP) is 2.48. The van der Waals surface area contributed by atoms with E-state index >= 15 is 0 Å². The van der Waals surface area contributed by atoms with Crippen molar-refractivity contribution < 1.29 is 4.79 Å². The molecule has 0 radical (unpaired) electrons. The first-order valence-corrected chi connectivity index (χ1v) is 5.59. The Labute approximate surface area is 106 Å². The Morgan fingerprint density at radius 3 is 2.39 bits per heavy atom. The second-order valence-corrected chi connectivity index (χ2v) is 4.11. The predicted molar refractivity (Wildman–Crippen MR) is 75.0 cm³/mol. The highest BCUT2D eigenvalue weighted by Crippen LogP contribution is 2.27. The number of nitrogens with one attached hydrogen (secondary N) is 1. The van der Waals surface area contributed by atoms with Crippen molar-refractivity contribution in [2.75, 3.05) is 16.8 Å². The van der Waals surface area contributed by atoms with Gasteiger partial charge in [0.15, 0.2) is 0 Å². The van der Waals surface area contributed by atoms with Crippen LogP contribution in [0.15, 0.2) is 42.5 Å². The molecule has 2 aromatic rings. The molecule has 0 unspecified atom stereocenters. The van der Waals surface area contributed by atoms with E-state index in [1.165, 1.54) is 6.92 Å². The summed E-state index contributed by atoms with van der Waals surface area (Å²) in [6.07, 6.45) is 0. The Morgan fingerprint density at radius 2 is 1.78 bits per heavy atom. The molecule has 0 bridgehead atoms. The van der Waals surface area contributed by atoms with Gasteiger partial charge in [0.2, 0.25) is 5.91 Å². The number of carbonyl (C=O) groups excluding carboxylic acids is 1. The summed E-state index contributed by atoms with van der Waals surface area (Å²) in [6.45, 7) is 1.45. The first kappa shape index (κ1) is 12.0. The van der Waals surface area contributed by atoms with Gasteiger partial charge in [-0.15, -0.1) is 0 Å². The molecule has 5 N–H and O–H groups in total. The molecular formula is C14H15N3O. The average Bonchev–Trinajstić information content (AvgIpc) is 2.31. The maximum absolute atomic E-state index is 11.0. The molecule has 0 saturated carbocycles. The molecule has 92 valence electrons. The van der Waals surface area contributed by atoms with Gasteiger partial charge >= 0.3 is 0 Å². The van der Waals surface area contributed by atoms with Gasteiger partial charge in [-0.05, 0) is 35.4 Å². The Balaban J connectivity index is 2.37. The van der Waals surface area contributed by atoms with Crippen LogP contribution >= 0.6 is 0 Å². The van der Waals surface area contributed by atoms with Gasteiger partial charge in [0.25, 0.3) is 0 Å². The van der Waals surface area contributed by atoms with Crippen LogP contribution < -0.4 is 16.8 Å². The number of anilines is 3. The van der Waals surface area contributed by atoms with Crippen molar-refractivity contribution in [2.24, 2.45) is 0 Å². The highest BCUT2D eigenvalue weighted by Gasteiger charge is 2.04. The monoisotopic (exact) mass is 241 g/mol. The summed E-state index contributed by atoms with van der Waals surface area (Å²) < 4.78 is 0. The molecule has 4 heteroatoms. The number of carbonyl (C=O) groups is 1. The lowest BCUT2D eigenvalue weighted by molar-refractivity contribution is -0.114. The molecule has 2 aromatic carbocycles. The van der Waals surface area contributed by atoms with Gasteiger partial charge in [-0.25, -0.2) is 0 Å². The van der Waals surface area contributed by atoms with Crippen LogP contribution in [0.25, 0.3) is 11.1 Å². The standard InChI is InChI=1S/C14H15N3O/c1-9(18)17-14-6-5-11(8-13(14)16)10-3-2-4-12(15)7-10/h2-8H,15-16H2,1H3,(H,17,18). The topological polar surface area (TPSA) is 81.1 Å². The van der Waals surface area contributed by atoms with Gasteiger partial charge in [-0.1, -0.05) is 18.2 Å². The number of nitrogen functional groups attached to an aromatic ring is 2. The molecule has 0 fully saturated rings. The number of amides is 1. The summed E-state index contributed by atoms with van der Waals surface area (Å²) in [7, 11) is 0. The van der Waals surface area contributed by atoms with Crippen molar-refractivity contribution in [3.63, 3.8) is 0 Å². The van der Waals surface area contributed by atoms with Gasteiger partial charge in [0, 0.05) is 12.6 Å². The maximum Gasteiger partial charge on any atom is 0.221 e. The summed E-state index contributed by atoms with van der Waals surface area (Å²) in [5.41, 5.74) is 15.5. The van der Waals surface area contributed by atoms with E-state index < -0.39 is 0 Å². The quantitative estimate of drug-likeness (QED) is 0.706. The van der Waals surface area contributed by atoms with Crippen LogP contribution in [0.1, 0.15) is 6.92 Å². The largest absolute Gasteiger partial charge is 0.399 e. The van der Waals surface area contributed by atoms with E-state index in [4.69, 9.17) is 11.5 Å². The molecule has 0 aliphatic rings. The van der Waals surface area contributed by atoms with E-state index in [9.17, 15) is 4.79 Å². The Kier molecular flexibility index (Phi) is 3.19. The zero-order valence-electron chi connectivity index (χ0n) is 10.1. The molecule has 1 amide bonds. The normalized spacial score (nSPS) is 10.1. The highest BCUT2D eigenvalue weighted by molar-refractivity contribution is 5.93. The minimum absolute atomic E-state index is 0.140. The van der Waals surface area contributed by atoms with Gasteiger partial charge in [-0.2, -0.15) is 0 Å². The number of rotatable bonds is 2. The molecule has 0 spiro atoms. The van der Waals surface area contributed by atoms with Crippen LogP contribution in [0.5, 0.6) is 0 Å². The van der Waals surface area contributed by atoms with E-state index in [-0.39, 0.29) is 5.91 Å². The van der Waals surface area contributed by atoms with Crippen LogP contribution in [-0.2, 0) is 4.79 Å². The van der Waals surface area contributed by atoms with E-state index in [1.807, 2.05) is 36.4 Å². The first-order chi connectivity index (χ1) is 8.56. The van der Waals surface area contributed by atoms with Gasteiger partial charge in [0.1, 0.15) is 0 Å². The van der Waals surface area contributed by atoms with Crippen molar-refractivity contribution in [3.8, 4) is 11.1 Å². The van der Waals surface area contributed by atoms with Gasteiger partial charge in [0.05, 0.1) is 11.4 Å². The van der Waals surface area contributed by atoms with Crippen molar-refractivity contribution >= 4 is 23.0 Å². The Bertz CT molecular complexity index is 593. The molecule has 2 rings (SSSR count). The lowest BCUT2D eigenvalue weighted by Gasteiger charge is -2.09. The van der Waals surface area contributed by atoms with Gasteiger partial charge in [-0.3, -0.25) is 4.79 Å². The Morgan fingerprint density at radius 1 is 1.06 bits per heavy atom.